The van der Waals surface area contributed by atoms with Crippen LogP contribution in [0, 0.1) is 6.07 Å². The maximum absolute atomic E-state index is 11.6. The van der Waals surface area contributed by atoms with Gasteiger partial charge in [0.05, 0.1) is 9.21 Å². The third-order valence-electron chi connectivity index (χ3n) is 1.75. The molecule has 1 aromatic carbocycles. The topological polar surface area (TPSA) is 29.1 Å². The van der Waals surface area contributed by atoms with Gasteiger partial charge >= 0.3 is 0 Å². The molecule has 15 heavy (non-hydrogen) atoms. The van der Waals surface area contributed by atoms with Gasteiger partial charge in [-0.15, -0.1) is 11.3 Å². The van der Waals surface area contributed by atoms with Gasteiger partial charge in [0.15, 0.2) is 0 Å². The zero-order chi connectivity index (χ0) is 10.7. The van der Waals surface area contributed by atoms with E-state index in [0.717, 1.165) is 0 Å². The molecule has 0 unspecified atom stereocenters. The number of para-hydroxylation sites is 1. The molecule has 0 spiro atoms. The van der Waals surface area contributed by atoms with Gasteiger partial charge in [-0.05, 0) is 18.2 Å². The molecule has 0 bridgehead atoms. The monoisotopic (exact) mass is 236 g/mol. The Morgan fingerprint density at radius 2 is 2.20 bits per heavy atom. The summed E-state index contributed by atoms with van der Waals surface area (Å²) in [7, 11) is 0. The Bertz CT molecular complexity index is 466. The van der Waals surface area contributed by atoms with Gasteiger partial charge in [-0.25, -0.2) is 0 Å². The third kappa shape index (κ3) is 2.58. The highest BCUT2D eigenvalue weighted by Gasteiger charge is 2.08. The number of hydrogen-bond acceptors (Lipinski definition) is 2. The van der Waals surface area contributed by atoms with Crippen LogP contribution in [-0.2, 0) is 0 Å². The molecule has 0 aliphatic heterocycles. The first-order chi connectivity index (χ1) is 7.25. The summed E-state index contributed by atoms with van der Waals surface area (Å²) < 4.78 is 0.609. The smallest absolute Gasteiger partial charge is 0.265 e. The van der Waals surface area contributed by atoms with E-state index in [4.69, 9.17) is 11.6 Å². The number of halogens is 1. The fourth-order valence-corrected chi connectivity index (χ4v) is 2.03. The molecule has 4 heteroatoms. The summed E-state index contributed by atoms with van der Waals surface area (Å²) in [4.78, 5) is 12.2. The van der Waals surface area contributed by atoms with E-state index < -0.39 is 0 Å². The molecule has 0 aliphatic rings. The Kier molecular flexibility index (Phi) is 3.04. The molecule has 2 nitrogen and oxygen atoms in total. The van der Waals surface area contributed by atoms with Crippen LogP contribution in [0.2, 0.25) is 4.34 Å². The van der Waals surface area contributed by atoms with E-state index >= 15 is 0 Å². The molecule has 75 valence electrons. The van der Waals surface area contributed by atoms with Gasteiger partial charge in [0, 0.05) is 11.8 Å². The van der Waals surface area contributed by atoms with Gasteiger partial charge in [0.1, 0.15) is 0 Å². The molecule has 1 radical (unpaired) electrons. The largest absolute Gasteiger partial charge is 0.321 e. The Balaban J connectivity index is 2.11. The molecule has 0 atom stereocenters. The van der Waals surface area contributed by atoms with Gasteiger partial charge in [-0.3, -0.25) is 4.79 Å². The molecule has 2 aromatic rings. The predicted molar refractivity (Wildman–Crippen MR) is 62.6 cm³/mol. The zero-order valence-electron chi connectivity index (χ0n) is 7.66. The van der Waals surface area contributed by atoms with E-state index in [-0.39, 0.29) is 5.91 Å². The lowest BCUT2D eigenvalue weighted by atomic mass is 10.3. The van der Waals surface area contributed by atoms with Crippen LogP contribution in [0.15, 0.2) is 36.4 Å². The number of thiophene rings is 1. The van der Waals surface area contributed by atoms with E-state index in [0.29, 0.717) is 14.9 Å². The second-order valence-corrected chi connectivity index (χ2v) is 4.55. The minimum atomic E-state index is -0.158. The minimum absolute atomic E-state index is 0.158. The van der Waals surface area contributed by atoms with E-state index in [1.54, 1.807) is 24.3 Å². The lowest BCUT2D eigenvalue weighted by Crippen LogP contribution is -2.09. The van der Waals surface area contributed by atoms with Crippen LogP contribution in [0.3, 0.4) is 0 Å². The van der Waals surface area contributed by atoms with Crippen molar-refractivity contribution in [2.45, 2.75) is 0 Å². The van der Waals surface area contributed by atoms with Crippen LogP contribution in [0.25, 0.3) is 0 Å². The van der Waals surface area contributed by atoms with Crippen LogP contribution < -0.4 is 5.32 Å². The average Bonchev–Trinajstić information content (AvgIpc) is 2.66. The molecular weight excluding hydrogens is 230 g/mol. The van der Waals surface area contributed by atoms with Crippen LogP contribution >= 0.6 is 22.9 Å². The summed E-state index contributed by atoms with van der Waals surface area (Å²) in [5.74, 6) is -0.158. The van der Waals surface area contributed by atoms with Gasteiger partial charge < -0.3 is 5.32 Å². The van der Waals surface area contributed by atoms with Crippen molar-refractivity contribution in [2.24, 2.45) is 0 Å². The number of benzene rings is 1. The molecule has 0 saturated carbocycles. The van der Waals surface area contributed by atoms with Crippen LogP contribution in [0.1, 0.15) is 9.67 Å². The van der Waals surface area contributed by atoms with Crippen LogP contribution in [-0.4, -0.2) is 5.91 Å². The Labute approximate surface area is 96.5 Å². The molecule has 0 aliphatic carbocycles. The highest BCUT2D eigenvalue weighted by molar-refractivity contribution is 7.18. The van der Waals surface area contributed by atoms with Gasteiger partial charge in [0.25, 0.3) is 5.91 Å². The number of rotatable bonds is 2. The molecule has 0 saturated heterocycles. The maximum Gasteiger partial charge on any atom is 0.265 e. The number of carbonyl (C=O) groups excluding carboxylic acids is 1. The first-order valence-electron chi connectivity index (χ1n) is 4.29. The zero-order valence-corrected chi connectivity index (χ0v) is 9.23. The summed E-state index contributed by atoms with van der Waals surface area (Å²) in [5, 5.41) is 2.73. The number of nitrogens with one attached hydrogen (secondary N) is 1. The van der Waals surface area contributed by atoms with Crippen molar-refractivity contribution in [2.75, 3.05) is 5.32 Å². The van der Waals surface area contributed by atoms with Gasteiger partial charge in [-0.2, -0.15) is 0 Å². The molecule has 1 aromatic heterocycles. The second kappa shape index (κ2) is 4.47. The lowest BCUT2D eigenvalue weighted by Gasteiger charge is -2.01. The number of anilines is 1. The number of amides is 1. The summed E-state index contributed by atoms with van der Waals surface area (Å²) in [6.45, 7) is 0. The summed E-state index contributed by atoms with van der Waals surface area (Å²) in [6.07, 6.45) is 0. The first kappa shape index (κ1) is 10.2. The quantitative estimate of drug-likeness (QED) is 0.850. The Hall–Kier alpha value is -1.32. The highest BCUT2D eigenvalue weighted by Crippen LogP contribution is 2.22. The second-order valence-electron chi connectivity index (χ2n) is 2.83. The normalized spacial score (nSPS) is 9.93. The van der Waals surface area contributed by atoms with E-state index in [1.165, 1.54) is 11.3 Å². The average molecular weight is 237 g/mol. The summed E-state index contributed by atoms with van der Waals surface area (Å²) >= 11 is 6.99. The number of carbonyl (C=O) groups is 1. The summed E-state index contributed by atoms with van der Waals surface area (Å²) in [5.41, 5.74) is 0.659. The van der Waals surface area contributed by atoms with Crippen molar-refractivity contribution in [3.63, 3.8) is 0 Å². The molecule has 1 N–H and O–H groups in total. The Morgan fingerprint density at radius 3 is 2.80 bits per heavy atom. The van der Waals surface area contributed by atoms with E-state index in [9.17, 15) is 4.79 Å². The molecule has 1 amide bonds. The maximum atomic E-state index is 11.6. The van der Waals surface area contributed by atoms with Crippen molar-refractivity contribution in [1.82, 2.24) is 0 Å². The van der Waals surface area contributed by atoms with Crippen molar-refractivity contribution in [1.29, 1.82) is 0 Å². The van der Waals surface area contributed by atoms with Crippen LogP contribution in [0.4, 0.5) is 5.69 Å². The van der Waals surface area contributed by atoms with E-state index in [1.807, 2.05) is 12.1 Å². The van der Waals surface area contributed by atoms with Crippen molar-refractivity contribution >= 4 is 34.5 Å². The SMILES string of the molecule is O=C(Nc1[c]cccc1)c1ccc(Cl)s1. The number of hydrogen-bond donors (Lipinski definition) is 1. The highest BCUT2D eigenvalue weighted by atomic mass is 35.5. The molecular formula is C11H7ClNOS. The van der Waals surface area contributed by atoms with Crippen molar-refractivity contribution < 1.29 is 4.79 Å². The minimum Gasteiger partial charge on any atom is -0.321 e. The lowest BCUT2D eigenvalue weighted by molar-refractivity contribution is 0.103. The standard InChI is InChI=1S/C11H7ClNOS/c12-10-7-6-9(15-10)11(14)13-8-4-2-1-3-5-8/h1-4,6-7H,(H,13,14). The van der Waals surface area contributed by atoms with Gasteiger partial charge in [-0.1, -0.05) is 29.8 Å². The fourth-order valence-electron chi connectivity index (χ4n) is 1.09. The Morgan fingerprint density at radius 1 is 1.33 bits per heavy atom. The predicted octanol–water partition coefficient (Wildman–Crippen LogP) is 3.45. The third-order valence-corrected chi connectivity index (χ3v) is 2.98. The molecule has 2 rings (SSSR count). The molecule has 0 fully saturated rings. The van der Waals surface area contributed by atoms with E-state index in [2.05, 4.69) is 11.4 Å². The van der Waals surface area contributed by atoms with Crippen molar-refractivity contribution in [3.05, 3.63) is 51.7 Å². The van der Waals surface area contributed by atoms with Gasteiger partial charge in [0.2, 0.25) is 0 Å². The fraction of sp³-hybridized carbons (Fsp3) is 0. The summed E-state index contributed by atoms with van der Waals surface area (Å²) in [6, 6.07) is 13.5. The first-order valence-corrected chi connectivity index (χ1v) is 5.48. The molecule has 1 heterocycles. The van der Waals surface area contributed by atoms with Crippen LogP contribution in [0.5, 0.6) is 0 Å². The van der Waals surface area contributed by atoms with Crippen molar-refractivity contribution in [3.8, 4) is 0 Å².